The molecule has 15 heavy (non-hydrogen) atoms. The van der Waals surface area contributed by atoms with E-state index in [-0.39, 0.29) is 0 Å². The molecule has 5 nitrogen and oxygen atoms in total. The minimum atomic E-state index is 0.540. The minimum absolute atomic E-state index is 0.540. The molecule has 0 saturated heterocycles. The normalized spacial score (nSPS) is 11.9. The lowest BCUT2D eigenvalue weighted by Crippen LogP contribution is -2.42. The number of rotatable bonds is 7. The molecule has 0 atom stereocenters. The van der Waals surface area contributed by atoms with Gasteiger partial charge in [-0.15, -0.1) is 0 Å². The van der Waals surface area contributed by atoms with Crippen LogP contribution in [0.5, 0.6) is 0 Å². The maximum Gasteiger partial charge on any atom is 0.205 e. The number of nitrogens with zero attached hydrogens (tertiary/aromatic N) is 1. The van der Waals surface area contributed by atoms with E-state index in [1.807, 2.05) is 6.92 Å². The van der Waals surface area contributed by atoms with E-state index in [1.165, 1.54) is 0 Å². The van der Waals surface area contributed by atoms with E-state index < -0.39 is 0 Å². The van der Waals surface area contributed by atoms with Crippen LogP contribution >= 0.6 is 0 Å². The fourth-order valence-corrected chi connectivity index (χ4v) is 0.952. The lowest BCUT2D eigenvalue weighted by Gasteiger charge is -2.09. The van der Waals surface area contributed by atoms with Crippen LogP contribution in [0.1, 0.15) is 27.2 Å². The fraction of sp³-hybridized carbons (Fsp3) is 0.900. The molecular weight excluding hydrogens is 192 g/mol. The maximum atomic E-state index is 5.33. The zero-order valence-corrected chi connectivity index (χ0v) is 10.0. The van der Waals surface area contributed by atoms with E-state index in [0.29, 0.717) is 11.9 Å². The SMILES string of the molecule is CCOCCCNC(=NCC(C)C)NN. The molecule has 0 aliphatic carbocycles. The van der Waals surface area contributed by atoms with Gasteiger partial charge in [-0.1, -0.05) is 13.8 Å². The highest BCUT2D eigenvalue weighted by atomic mass is 16.5. The molecule has 0 radical (unpaired) electrons. The Labute approximate surface area is 92.4 Å². The molecule has 5 heteroatoms. The summed E-state index contributed by atoms with van der Waals surface area (Å²) >= 11 is 0. The van der Waals surface area contributed by atoms with Crippen molar-refractivity contribution < 1.29 is 4.74 Å². The third-order valence-corrected chi connectivity index (χ3v) is 1.71. The number of hydrogen-bond acceptors (Lipinski definition) is 3. The molecule has 0 rings (SSSR count). The van der Waals surface area contributed by atoms with E-state index in [9.17, 15) is 0 Å². The highest BCUT2D eigenvalue weighted by molar-refractivity contribution is 5.79. The summed E-state index contributed by atoms with van der Waals surface area (Å²) in [6.45, 7) is 9.36. The maximum absolute atomic E-state index is 5.33. The molecule has 0 aliphatic rings. The van der Waals surface area contributed by atoms with Crippen molar-refractivity contribution >= 4 is 5.96 Å². The predicted octanol–water partition coefficient (Wildman–Crippen LogP) is 0.478. The molecule has 0 amide bonds. The molecule has 0 saturated carbocycles. The lowest BCUT2D eigenvalue weighted by molar-refractivity contribution is 0.145. The molecule has 0 aromatic heterocycles. The second-order valence-electron chi connectivity index (χ2n) is 3.70. The molecule has 0 bridgehead atoms. The number of hydrazine groups is 1. The van der Waals surface area contributed by atoms with Gasteiger partial charge < -0.3 is 10.1 Å². The van der Waals surface area contributed by atoms with Gasteiger partial charge in [0.15, 0.2) is 0 Å². The topological polar surface area (TPSA) is 71.7 Å². The smallest absolute Gasteiger partial charge is 0.205 e. The Morgan fingerprint density at radius 3 is 2.73 bits per heavy atom. The lowest BCUT2D eigenvalue weighted by atomic mass is 10.2. The van der Waals surface area contributed by atoms with Crippen LogP contribution in [0.25, 0.3) is 0 Å². The number of nitrogens with two attached hydrogens (primary N) is 1. The van der Waals surface area contributed by atoms with Crippen LogP contribution in [0.3, 0.4) is 0 Å². The number of ether oxygens (including phenoxy) is 1. The predicted molar refractivity (Wildman–Crippen MR) is 63.6 cm³/mol. The Morgan fingerprint density at radius 2 is 2.20 bits per heavy atom. The van der Waals surface area contributed by atoms with Crippen LogP contribution in [-0.2, 0) is 4.74 Å². The Bertz CT molecular complexity index is 171. The summed E-state index contributed by atoms with van der Waals surface area (Å²) in [5.41, 5.74) is 2.55. The van der Waals surface area contributed by atoms with Crippen LogP contribution in [0.2, 0.25) is 0 Å². The average Bonchev–Trinajstić information content (AvgIpc) is 2.22. The van der Waals surface area contributed by atoms with Crippen molar-refractivity contribution in [2.75, 3.05) is 26.3 Å². The summed E-state index contributed by atoms with van der Waals surface area (Å²) in [4.78, 5) is 4.29. The van der Waals surface area contributed by atoms with Gasteiger partial charge >= 0.3 is 0 Å². The van der Waals surface area contributed by atoms with E-state index in [4.69, 9.17) is 10.6 Å². The summed E-state index contributed by atoms with van der Waals surface area (Å²) in [5.74, 6) is 6.52. The zero-order chi connectivity index (χ0) is 11.5. The van der Waals surface area contributed by atoms with Gasteiger partial charge in [-0.25, -0.2) is 5.84 Å². The third kappa shape index (κ3) is 9.49. The molecule has 4 N–H and O–H groups in total. The summed E-state index contributed by atoms with van der Waals surface area (Å²) < 4.78 is 5.22. The van der Waals surface area contributed by atoms with Gasteiger partial charge in [0.25, 0.3) is 0 Å². The summed E-state index contributed by atoms with van der Waals surface area (Å²) in [6.07, 6.45) is 0.955. The monoisotopic (exact) mass is 216 g/mol. The van der Waals surface area contributed by atoms with Gasteiger partial charge in [-0.3, -0.25) is 10.4 Å². The Hall–Kier alpha value is -0.810. The van der Waals surface area contributed by atoms with Gasteiger partial charge in [0.05, 0.1) is 0 Å². The van der Waals surface area contributed by atoms with E-state index in [2.05, 4.69) is 29.6 Å². The van der Waals surface area contributed by atoms with Crippen LogP contribution < -0.4 is 16.6 Å². The summed E-state index contributed by atoms with van der Waals surface area (Å²) in [6, 6.07) is 0. The van der Waals surface area contributed by atoms with Crippen molar-refractivity contribution in [3.63, 3.8) is 0 Å². The second kappa shape index (κ2) is 9.73. The molecule has 0 aromatic carbocycles. The first-order chi connectivity index (χ1) is 7.20. The Balaban J connectivity index is 3.56. The van der Waals surface area contributed by atoms with Crippen molar-refractivity contribution in [2.45, 2.75) is 27.2 Å². The largest absolute Gasteiger partial charge is 0.382 e. The molecule has 0 fully saturated rings. The van der Waals surface area contributed by atoms with E-state index >= 15 is 0 Å². The number of hydrogen-bond donors (Lipinski definition) is 3. The number of guanidine groups is 1. The van der Waals surface area contributed by atoms with Crippen molar-refractivity contribution in [1.82, 2.24) is 10.7 Å². The van der Waals surface area contributed by atoms with Crippen LogP contribution in [-0.4, -0.2) is 32.3 Å². The van der Waals surface area contributed by atoms with Gasteiger partial charge in [0, 0.05) is 26.3 Å². The van der Waals surface area contributed by atoms with E-state index in [1.54, 1.807) is 0 Å². The number of aliphatic imine (C=N–C) groups is 1. The first-order valence-corrected chi connectivity index (χ1v) is 5.53. The highest BCUT2D eigenvalue weighted by Gasteiger charge is 1.96. The van der Waals surface area contributed by atoms with Crippen molar-refractivity contribution in [3.05, 3.63) is 0 Å². The van der Waals surface area contributed by atoms with Gasteiger partial charge in [-0.05, 0) is 19.3 Å². The van der Waals surface area contributed by atoms with Crippen molar-refractivity contribution in [1.29, 1.82) is 0 Å². The van der Waals surface area contributed by atoms with Crippen LogP contribution in [0.4, 0.5) is 0 Å². The van der Waals surface area contributed by atoms with E-state index in [0.717, 1.165) is 32.7 Å². The Kier molecular flexibility index (Phi) is 9.21. The first kappa shape index (κ1) is 14.2. The van der Waals surface area contributed by atoms with Crippen LogP contribution in [0.15, 0.2) is 4.99 Å². The number of nitrogens with one attached hydrogen (secondary N) is 2. The third-order valence-electron chi connectivity index (χ3n) is 1.71. The molecule has 0 unspecified atom stereocenters. The van der Waals surface area contributed by atoms with Gasteiger partial charge in [0.1, 0.15) is 0 Å². The molecule has 0 heterocycles. The quantitative estimate of drug-likeness (QED) is 0.190. The molecule has 90 valence electrons. The minimum Gasteiger partial charge on any atom is -0.382 e. The molecular formula is C10H24N4O. The van der Waals surface area contributed by atoms with Crippen molar-refractivity contribution in [2.24, 2.45) is 16.8 Å². The van der Waals surface area contributed by atoms with Gasteiger partial charge in [-0.2, -0.15) is 0 Å². The average molecular weight is 216 g/mol. The zero-order valence-electron chi connectivity index (χ0n) is 10.0. The van der Waals surface area contributed by atoms with Crippen LogP contribution in [0, 0.1) is 5.92 Å². The summed E-state index contributed by atoms with van der Waals surface area (Å²) in [7, 11) is 0. The summed E-state index contributed by atoms with van der Waals surface area (Å²) in [5, 5.41) is 3.12. The fourth-order valence-electron chi connectivity index (χ4n) is 0.952. The molecule has 0 aromatic rings. The molecule has 0 spiro atoms. The second-order valence-corrected chi connectivity index (χ2v) is 3.70. The van der Waals surface area contributed by atoms with Gasteiger partial charge in [0.2, 0.25) is 5.96 Å². The first-order valence-electron chi connectivity index (χ1n) is 5.53. The highest BCUT2D eigenvalue weighted by Crippen LogP contribution is 1.90. The Morgan fingerprint density at radius 1 is 1.47 bits per heavy atom. The van der Waals surface area contributed by atoms with Crippen molar-refractivity contribution in [3.8, 4) is 0 Å². The molecule has 0 aliphatic heterocycles. The standard InChI is InChI=1S/C10H24N4O/c1-4-15-7-5-6-12-10(14-11)13-8-9(2)3/h9H,4-8,11H2,1-3H3,(H2,12,13,14).